The van der Waals surface area contributed by atoms with Crippen LogP contribution in [0, 0.1) is 17.3 Å². The van der Waals surface area contributed by atoms with Crippen molar-refractivity contribution in [2.24, 2.45) is 17.3 Å². The van der Waals surface area contributed by atoms with Gasteiger partial charge in [0.25, 0.3) is 0 Å². The van der Waals surface area contributed by atoms with Gasteiger partial charge in [0, 0.05) is 13.1 Å². The summed E-state index contributed by atoms with van der Waals surface area (Å²) >= 11 is 0. The van der Waals surface area contributed by atoms with Gasteiger partial charge >= 0.3 is 5.97 Å². The lowest BCUT2D eigenvalue weighted by Gasteiger charge is -2.42. The lowest BCUT2D eigenvalue weighted by Crippen LogP contribution is -2.49. The molecule has 1 heterocycles. The lowest BCUT2D eigenvalue weighted by atomic mass is 9.75. The molecule has 2 aliphatic carbocycles. The summed E-state index contributed by atoms with van der Waals surface area (Å²) in [7, 11) is 0. The molecule has 18 heavy (non-hydrogen) atoms. The number of carboxylic acids is 1. The average Bonchev–Trinajstić information content (AvgIpc) is 3.19. The van der Waals surface area contributed by atoms with Gasteiger partial charge < -0.3 is 10.0 Å². The Morgan fingerprint density at radius 3 is 2.33 bits per heavy atom. The fourth-order valence-electron chi connectivity index (χ4n) is 3.73. The largest absolute Gasteiger partial charge is 0.480 e. The Hall–Kier alpha value is -1.06. The smallest absolute Gasteiger partial charge is 0.319 e. The van der Waals surface area contributed by atoms with Crippen LogP contribution >= 0.6 is 0 Å². The average molecular weight is 251 g/mol. The summed E-state index contributed by atoms with van der Waals surface area (Å²) in [6, 6.07) is 0. The van der Waals surface area contributed by atoms with Crippen LogP contribution in [0.5, 0.6) is 0 Å². The molecule has 0 bridgehead atoms. The predicted molar refractivity (Wildman–Crippen MR) is 65.9 cm³/mol. The molecule has 100 valence electrons. The third-order valence-electron chi connectivity index (χ3n) is 5.15. The minimum Gasteiger partial charge on any atom is -0.480 e. The molecule has 0 radical (unpaired) electrons. The van der Waals surface area contributed by atoms with E-state index in [-0.39, 0.29) is 5.91 Å². The highest BCUT2D eigenvalue weighted by Crippen LogP contribution is 2.48. The Bertz CT molecular complexity index is 375. The molecule has 0 aromatic rings. The van der Waals surface area contributed by atoms with E-state index in [0.717, 1.165) is 25.4 Å². The fraction of sp³-hybridized carbons (Fsp3) is 0.857. The van der Waals surface area contributed by atoms with E-state index in [0.29, 0.717) is 18.8 Å². The molecular formula is C14H21NO3. The Morgan fingerprint density at radius 1 is 1.06 bits per heavy atom. The Kier molecular flexibility index (Phi) is 2.83. The molecule has 3 rings (SSSR count). The molecule has 2 unspecified atom stereocenters. The van der Waals surface area contributed by atoms with E-state index in [4.69, 9.17) is 0 Å². The summed E-state index contributed by atoms with van der Waals surface area (Å²) in [5.74, 6) is 0.376. The van der Waals surface area contributed by atoms with Crippen molar-refractivity contribution in [1.29, 1.82) is 0 Å². The van der Waals surface area contributed by atoms with Gasteiger partial charge in [-0.2, -0.15) is 0 Å². The molecule has 0 aromatic carbocycles. The third-order valence-corrected chi connectivity index (χ3v) is 5.15. The second-order valence-corrected chi connectivity index (χ2v) is 6.23. The molecule has 2 saturated carbocycles. The topological polar surface area (TPSA) is 57.6 Å². The number of hydrogen-bond acceptors (Lipinski definition) is 2. The van der Waals surface area contributed by atoms with Crippen LogP contribution in [0.1, 0.15) is 44.9 Å². The van der Waals surface area contributed by atoms with Crippen LogP contribution in [0.4, 0.5) is 0 Å². The van der Waals surface area contributed by atoms with E-state index in [1.54, 1.807) is 0 Å². The quantitative estimate of drug-likeness (QED) is 0.762. The van der Waals surface area contributed by atoms with Crippen LogP contribution in [0.2, 0.25) is 0 Å². The van der Waals surface area contributed by atoms with Gasteiger partial charge in [-0.05, 0) is 37.5 Å². The van der Waals surface area contributed by atoms with Gasteiger partial charge in [-0.3, -0.25) is 9.59 Å². The number of hydrogen-bond donors (Lipinski definition) is 1. The zero-order chi connectivity index (χ0) is 12.8. The SMILES string of the molecule is O=C(O)C1(C(=O)N2CCC3CCCCC3C2)CC1. The van der Waals surface area contributed by atoms with Crippen molar-refractivity contribution in [2.75, 3.05) is 13.1 Å². The maximum atomic E-state index is 12.3. The van der Waals surface area contributed by atoms with Crippen molar-refractivity contribution < 1.29 is 14.7 Å². The summed E-state index contributed by atoms with van der Waals surface area (Å²) in [5.41, 5.74) is -1.04. The van der Waals surface area contributed by atoms with Gasteiger partial charge in [0.1, 0.15) is 5.41 Å². The van der Waals surface area contributed by atoms with Gasteiger partial charge in [-0.25, -0.2) is 0 Å². The third kappa shape index (κ3) is 1.82. The van der Waals surface area contributed by atoms with Crippen molar-refractivity contribution in [3.63, 3.8) is 0 Å². The number of carboxylic acid groups (broad SMARTS) is 1. The van der Waals surface area contributed by atoms with Gasteiger partial charge in [0.05, 0.1) is 0 Å². The lowest BCUT2D eigenvalue weighted by molar-refractivity contribution is -0.155. The minimum atomic E-state index is -1.04. The van der Waals surface area contributed by atoms with E-state index in [1.165, 1.54) is 25.7 Å². The van der Waals surface area contributed by atoms with Crippen LogP contribution in [0.15, 0.2) is 0 Å². The summed E-state index contributed by atoms with van der Waals surface area (Å²) < 4.78 is 0. The number of carbonyl (C=O) groups excluding carboxylic acids is 1. The highest BCUT2D eigenvalue weighted by Gasteiger charge is 2.59. The standard InChI is InChI=1S/C14H21NO3/c16-12(14(6-7-14)13(17)18)15-8-5-10-3-1-2-4-11(10)9-15/h10-11H,1-9H2,(H,17,18). The number of rotatable bonds is 2. The maximum Gasteiger partial charge on any atom is 0.319 e. The molecule has 1 saturated heterocycles. The van der Waals surface area contributed by atoms with E-state index in [9.17, 15) is 14.7 Å². The first kappa shape index (κ1) is 12.0. The number of amides is 1. The first-order chi connectivity index (χ1) is 8.63. The Labute approximate surface area is 107 Å². The van der Waals surface area contributed by atoms with Crippen LogP contribution in [0.25, 0.3) is 0 Å². The second-order valence-electron chi connectivity index (χ2n) is 6.23. The first-order valence-corrected chi connectivity index (χ1v) is 7.16. The molecule has 0 spiro atoms. The Morgan fingerprint density at radius 2 is 1.72 bits per heavy atom. The van der Waals surface area contributed by atoms with Crippen molar-refractivity contribution in [3.05, 3.63) is 0 Å². The highest BCUT2D eigenvalue weighted by molar-refractivity contribution is 6.04. The molecule has 1 aliphatic heterocycles. The van der Waals surface area contributed by atoms with Crippen LogP contribution < -0.4 is 0 Å². The van der Waals surface area contributed by atoms with Gasteiger partial charge in [0.15, 0.2) is 0 Å². The molecule has 0 aromatic heterocycles. The number of piperidine rings is 1. The monoisotopic (exact) mass is 251 g/mol. The summed E-state index contributed by atoms with van der Waals surface area (Å²) in [4.78, 5) is 25.4. The maximum absolute atomic E-state index is 12.3. The molecule has 1 N–H and O–H groups in total. The van der Waals surface area contributed by atoms with Gasteiger partial charge in [-0.15, -0.1) is 0 Å². The number of carbonyl (C=O) groups is 2. The summed E-state index contributed by atoms with van der Waals surface area (Å²) in [5, 5.41) is 9.19. The van der Waals surface area contributed by atoms with E-state index >= 15 is 0 Å². The minimum absolute atomic E-state index is 0.112. The Balaban J connectivity index is 1.67. The number of fused-ring (bicyclic) bond motifs is 1. The molecule has 4 heteroatoms. The predicted octanol–water partition coefficient (Wildman–Crippen LogP) is 1.89. The summed E-state index contributed by atoms with van der Waals surface area (Å²) in [6.07, 6.45) is 7.26. The van der Waals surface area contributed by atoms with Crippen molar-refractivity contribution >= 4 is 11.9 Å². The van der Waals surface area contributed by atoms with Crippen LogP contribution in [-0.4, -0.2) is 35.0 Å². The molecule has 1 amide bonds. The van der Waals surface area contributed by atoms with Crippen LogP contribution in [-0.2, 0) is 9.59 Å². The summed E-state index contributed by atoms with van der Waals surface area (Å²) in [6.45, 7) is 1.58. The molecule has 3 aliphatic rings. The van der Waals surface area contributed by atoms with Gasteiger partial charge in [0.2, 0.25) is 5.91 Å². The van der Waals surface area contributed by atoms with E-state index in [2.05, 4.69) is 0 Å². The van der Waals surface area contributed by atoms with Crippen molar-refractivity contribution in [1.82, 2.24) is 4.90 Å². The fourth-order valence-corrected chi connectivity index (χ4v) is 3.73. The second kappa shape index (κ2) is 4.25. The van der Waals surface area contributed by atoms with Crippen molar-refractivity contribution in [2.45, 2.75) is 44.9 Å². The highest BCUT2D eigenvalue weighted by atomic mass is 16.4. The number of likely N-dealkylation sites (tertiary alicyclic amines) is 1. The molecule has 2 atom stereocenters. The van der Waals surface area contributed by atoms with Crippen molar-refractivity contribution in [3.8, 4) is 0 Å². The zero-order valence-corrected chi connectivity index (χ0v) is 10.7. The molecular weight excluding hydrogens is 230 g/mol. The number of aliphatic carboxylic acids is 1. The normalized spacial score (nSPS) is 33.7. The molecule has 3 fully saturated rings. The number of nitrogens with zero attached hydrogens (tertiary/aromatic N) is 1. The van der Waals surface area contributed by atoms with E-state index in [1.807, 2.05) is 4.90 Å². The van der Waals surface area contributed by atoms with E-state index < -0.39 is 11.4 Å². The zero-order valence-electron chi connectivity index (χ0n) is 10.7. The van der Waals surface area contributed by atoms with Gasteiger partial charge in [-0.1, -0.05) is 19.3 Å². The first-order valence-electron chi connectivity index (χ1n) is 7.16. The molecule has 4 nitrogen and oxygen atoms in total. The van der Waals surface area contributed by atoms with Crippen LogP contribution in [0.3, 0.4) is 0 Å².